The first-order valence-electron chi connectivity index (χ1n) is 6.45. The van der Waals surface area contributed by atoms with Gasteiger partial charge in [0.05, 0.1) is 13.2 Å². The molecule has 0 aliphatic heterocycles. The van der Waals surface area contributed by atoms with Crippen LogP contribution in [0, 0.1) is 13.8 Å². The number of aliphatic hydroxyl groups excluding tert-OH is 1. The SMILES string of the molecule is COc1ccc(Br)cc1CC(O)c1cc(C)nc(C)c1. The van der Waals surface area contributed by atoms with Crippen molar-refractivity contribution in [1.82, 2.24) is 4.98 Å². The van der Waals surface area contributed by atoms with Crippen LogP contribution in [0.5, 0.6) is 5.75 Å². The number of hydrogen-bond acceptors (Lipinski definition) is 3. The summed E-state index contributed by atoms with van der Waals surface area (Å²) in [7, 11) is 1.64. The normalized spacial score (nSPS) is 12.2. The number of halogens is 1. The van der Waals surface area contributed by atoms with E-state index >= 15 is 0 Å². The lowest BCUT2D eigenvalue weighted by Gasteiger charge is -2.15. The summed E-state index contributed by atoms with van der Waals surface area (Å²) in [4.78, 5) is 4.33. The fourth-order valence-electron chi connectivity index (χ4n) is 2.29. The summed E-state index contributed by atoms with van der Waals surface area (Å²) in [6, 6.07) is 9.64. The lowest BCUT2D eigenvalue weighted by molar-refractivity contribution is 0.177. The lowest BCUT2D eigenvalue weighted by Crippen LogP contribution is -2.05. The van der Waals surface area contributed by atoms with Crippen LogP contribution in [0.4, 0.5) is 0 Å². The number of hydrogen-bond donors (Lipinski definition) is 1. The van der Waals surface area contributed by atoms with Gasteiger partial charge in [-0.05, 0) is 55.3 Å². The first-order valence-corrected chi connectivity index (χ1v) is 7.24. The molecule has 0 spiro atoms. The number of aliphatic hydroxyl groups is 1. The highest BCUT2D eigenvalue weighted by molar-refractivity contribution is 9.10. The zero-order chi connectivity index (χ0) is 14.7. The summed E-state index contributed by atoms with van der Waals surface area (Å²) in [5, 5.41) is 10.4. The van der Waals surface area contributed by atoms with Gasteiger partial charge in [-0.1, -0.05) is 15.9 Å². The van der Waals surface area contributed by atoms with Crippen LogP contribution in [0.15, 0.2) is 34.8 Å². The predicted molar refractivity (Wildman–Crippen MR) is 83.1 cm³/mol. The van der Waals surface area contributed by atoms with E-state index in [-0.39, 0.29) is 0 Å². The Morgan fingerprint density at radius 3 is 2.45 bits per heavy atom. The van der Waals surface area contributed by atoms with E-state index in [0.717, 1.165) is 32.7 Å². The third kappa shape index (κ3) is 3.58. The fraction of sp³-hybridized carbons (Fsp3) is 0.312. The van der Waals surface area contributed by atoms with Gasteiger partial charge in [-0.3, -0.25) is 4.98 Å². The van der Waals surface area contributed by atoms with E-state index in [1.165, 1.54) is 0 Å². The van der Waals surface area contributed by atoms with Crippen molar-refractivity contribution in [2.45, 2.75) is 26.4 Å². The van der Waals surface area contributed by atoms with E-state index < -0.39 is 6.10 Å². The fourth-order valence-corrected chi connectivity index (χ4v) is 2.70. The molecule has 2 rings (SSSR count). The van der Waals surface area contributed by atoms with Crippen molar-refractivity contribution in [2.75, 3.05) is 7.11 Å². The van der Waals surface area contributed by atoms with Crippen molar-refractivity contribution < 1.29 is 9.84 Å². The van der Waals surface area contributed by atoms with Gasteiger partial charge in [-0.15, -0.1) is 0 Å². The van der Waals surface area contributed by atoms with Gasteiger partial charge in [0, 0.05) is 22.3 Å². The van der Waals surface area contributed by atoms with E-state index in [4.69, 9.17) is 4.74 Å². The Hall–Kier alpha value is -1.39. The number of ether oxygens (including phenoxy) is 1. The Labute approximate surface area is 127 Å². The Kier molecular flexibility index (Phi) is 4.78. The lowest BCUT2D eigenvalue weighted by atomic mass is 10.0. The second-order valence-corrected chi connectivity index (χ2v) is 5.78. The first-order chi connectivity index (χ1) is 9.49. The maximum atomic E-state index is 10.4. The summed E-state index contributed by atoms with van der Waals surface area (Å²) in [5.74, 6) is 0.787. The Bertz CT molecular complexity index is 593. The first kappa shape index (κ1) is 15.0. The van der Waals surface area contributed by atoms with Crippen LogP contribution in [-0.2, 0) is 6.42 Å². The van der Waals surface area contributed by atoms with Gasteiger partial charge in [-0.2, -0.15) is 0 Å². The maximum absolute atomic E-state index is 10.4. The van der Waals surface area contributed by atoms with Gasteiger partial charge in [-0.25, -0.2) is 0 Å². The number of rotatable bonds is 4. The van der Waals surface area contributed by atoms with Gasteiger partial charge >= 0.3 is 0 Å². The molecule has 4 heteroatoms. The summed E-state index contributed by atoms with van der Waals surface area (Å²) >= 11 is 3.45. The molecular formula is C16H18BrNO2. The minimum absolute atomic E-state index is 0.505. The quantitative estimate of drug-likeness (QED) is 0.925. The standard InChI is InChI=1S/C16H18BrNO2/c1-10-6-12(7-11(2)18-10)15(19)9-13-8-14(17)4-5-16(13)20-3/h4-8,15,19H,9H2,1-3H3. The third-order valence-corrected chi connectivity index (χ3v) is 3.64. The summed E-state index contributed by atoms with van der Waals surface area (Å²) in [5.41, 5.74) is 3.69. The number of aryl methyl sites for hydroxylation is 2. The third-order valence-electron chi connectivity index (χ3n) is 3.14. The van der Waals surface area contributed by atoms with Crippen LogP contribution in [0.3, 0.4) is 0 Å². The maximum Gasteiger partial charge on any atom is 0.122 e. The highest BCUT2D eigenvalue weighted by Gasteiger charge is 2.13. The van der Waals surface area contributed by atoms with E-state index in [2.05, 4.69) is 20.9 Å². The van der Waals surface area contributed by atoms with Crippen molar-refractivity contribution in [3.05, 3.63) is 57.3 Å². The topological polar surface area (TPSA) is 42.4 Å². The van der Waals surface area contributed by atoms with E-state index in [0.29, 0.717) is 6.42 Å². The zero-order valence-corrected chi connectivity index (χ0v) is 13.4. The molecular weight excluding hydrogens is 318 g/mol. The second-order valence-electron chi connectivity index (χ2n) is 4.86. The van der Waals surface area contributed by atoms with E-state index in [9.17, 15) is 5.11 Å². The molecule has 20 heavy (non-hydrogen) atoms. The molecule has 0 saturated heterocycles. The van der Waals surface area contributed by atoms with E-state index in [1.807, 2.05) is 44.2 Å². The van der Waals surface area contributed by atoms with Crippen molar-refractivity contribution in [1.29, 1.82) is 0 Å². The molecule has 0 aliphatic carbocycles. The highest BCUT2D eigenvalue weighted by Crippen LogP contribution is 2.28. The van der Waals surface area contributed by atoms with Crippen molar-refractivity contribution in [3.63, 3.8) is 0 Å². The largest absolute Gasteiger partial charge is 0.496 e. The van der Waals surface area contributed by atoms with Crippen molar-refractivity contribution in [3.8, 4) is 5.75 Å². The summed E-state index contributed by atoms with van der Waals surface area (Å²) in [6.45, 7) is 3.87. The van der Waals surface area contributed by atoms with Crippen LogP contribution in [0.2, 0.25) is 0 Å². The van der Waals surface area contributed by atoms with Gasteiger partial charge < -0.3 is 9.84 Å². The van der Waals surface area contributed by atoms with Crippen molar-refractivity contribution in [2.24, 2.45) is 0 Å². The van der Waals surface area contributed by atoms with Gasteiger partial charge in [0.15, 0.2) is 0 Å². The summed E-state index contributed by atoms with van der Waals surface area (Å²) < 4.78 is 6.31. The zero-order valence-electron chi connectivity index (χ0n) is 11.9. The van der Waals surface area contributed by atoms with E-state index in [1.54, 1.807) is 7.11 Å². The number of nitrogens with zero attached hydrogens (tertiary/aromatic N) is 1. The van der Waals surface area contributed by atoms with Gasteiger partial charge in [0.25, 0.3) is 0 Å². The van der Waals surface area contributed by atoms with Crippen LogP contribution in [-0.4, -0.2) is 17.2 Å². The Morgan fingerprint density at radius 2 is 1.85 bits per heavy atom. The average molecular weight is 336 g/mol. The molecule has 1 heterocycles. The number of methoxy groups -OCH3 is 1. The number of benzene rings is 1. The minimum atomic E-state index is -0.571. The van der Waals surface area contributed by atoms with Gasteiger partial charge in [0.1, 0.15) is 5.75 Å². The molecule has 0 radical (unpaired) electrons. The number of pyridine rings is 1. The molecule has 1 unspecified atom stereocenters. The smallest absolute Gasteiger partial charge is 0.122 e. The molecule has 0 saturated carbocycles. The minimum Gasteiger partial charge on any atom is -0.496 e. The Balaban J connectivity index is 2.27. The average Bonchev–Trinajstić information content (AvgIpc) is 2.37. The predicted octanol–water partition coefficient (Wildman–Crippen LogP) is 3.75. The second kappa shape index (κ2) is 6.37. The molecule has 0 amide bonds. The van der Waals surface area contributed by atoms with Crippen LogP contribution < -0.4 is 4.74 Å². The molecule has 2 aromatic rings. The molecule has 1 aromatic carbocycles. The van der Waals surface area contributed by atoms with Crippen LogP contribution in [0.25, 0.3) is 0 Å². The van der Waals surface area contributed by atoms with Crippen molar-refractivity contribution >= 4 is 15.9 Å². The molecule has 3 nitrogen and oxygen atoms in total. The van der Waals surface area contributed by atoms with Crippen LogP contribution in [0.1, 0.15) is 28.6 Å². The molecule has 0 fully saturated rings. The summed E-state index contributed by atoms with van der Waals surface area (Å²) in [6.07, 6.45) is -0.0653. The van der Waals surface area contributed by atoms with Gasteiger partial charge in [0.2, 0.25) is 0 Å². The highest BCUT2D eigenvalue weighted by atomic mass is 79.9. The number of aromatic nitrogens is 1. The molecule has 1 atom stereocenters. The molecule has 0 aliphatic rings. The molecule has 106 valence electrons. The molecule has 1 N–H and O–H groups in total. The monoisotopic (exact) mass is 335 g/mol. The molecule has 1 aromatic heterocycles. The van der Waals surface area contributed by atoms with Crippen LogP contribution >= 0.6 is 15.9 Å². The molecule has 0 bridgehead atoms. The Morgan fingerprint density at radius 1 is 1.20 bits per heavy atom.